The average molecular weight is 365 g/mol. The Hall–Kier alpha value is -2.27. The van der Waals surface area contributed by atoms with Crippen molar-refractivity contribution in [3.05, 3.63) is 24.8 Å². The number of aliphatic hydroxyl groups excluding tert-OH is 2. The molecule has 10 heteroatoms. The number of aliphatic hydroxyl groups is 2. The minimum absolute atomic E-state index is 0.0211. The largest absolute Gasteiger partial charge is 0.387 e. The van der Waals surface area contributed by atoms with Gasteiger partial charge in [0, 0.05) is 0 Å². The summed E-state index contributed by atoms with van der Waals surface area (Å²) in [6.45, 7) is 4.16. The van der Waals surface area contributed by atoms with Crippen molar-refractivity contribution in [3.63, 3.8) is 0 Å². The Morgan fingerprint density at radius 2 is 2.27 bits per heavy atom. The van der Waals surface area contributed by atoms with E-state index in [0.29, 0.717) is 13.0 Å². The number of nitrogens with zero attached hydrogens (tertiary/aromatic N) is 3. The number of fused-ring (bicyclic) bond motifs is 1. The van der Waals surface area contributed by atoms with Crippen LogP contribution in [0.25, 0.3) is 0 Å². The Labute approximate surface area is 150 Å². The van der Waals surface area contributed by atoms with Crippen molar-refractivity contribution in [3.8, 4) is 0 Å². The number of allylic oxidation sites excluding steroid dienone is 2. The summed E-state index contributed by atoms with van der Waals surface area (Å²) in [6.07, 6.45) is 2.85. The second-order valence-corrected chi connectivity index (χ2v) is 6.15. The van der Waals surface area contributed by atoms with Crippen molar-refractivity contribution in [2.45, 2.75) is 43.2 Å². The summed E-state index contributed by atoms with van der Waals surface area (Å²) >= 11 is 0. The van der Waals surface area contributed by atoms with Crippen molar-refractivity contribution in [1.82, 2.24) is 10.2 Å². The number of carbonyl (C=O) groups is 1. The first kappa shape index (κ1) is 18.5. The van der Waals surface area contributed by atoms with Crippen LogP contribution < -0.4 is 11.1 Å². The van der Waals surface area contributed by atoms with Crippen LogP contribution in [0, 0.1) is 0 Å². The smallest absolute Gasteiger partial charge is 0.255 e. The molecule has 0 aliphatic carbocycles. The molecule has 26 heavy (non-hydrogen) atoms. The fourth-order valence-corrected chi connectivity index (χ4v) is 3.05. The van der Waals surface area contributed by atoms with Gasteiger partial charge in [-0.2, -0.15) is 0 Å². The van der Waals surface area contributed by atoms with Crippen LogP contribution in [0.1, 0.15) is 6.42 Å². The SMILES string of the molecule is C=C/C=C/CCOC[C@H]1O[C@@H](N2C=NC3C(=O)NC(N)=NC32)C(O)[C@H]1O. The molecule has 3 unspecified atom stereocenters. The van der Waals surface area contributed by atoms with E-state index in [2.05, 4.69) is 21.9 Å². The van der Waals surface area contributed by atoms with Gasteiger partial charge in [-0.3, -0.25) is 15.1 Å². The monoisotopic (exact) mass is 365 g/mol. The lowest BCUT2D eigenvalue weighted by atomic mass is 10.1. The number of amides is 1. The third kappa shape index (κ3) is 3.63. The van der Waals surface area contributed by atoms with E-state index in [4.69, 9.17) is 15.2 Å². The molecule has 0 aromatic rings. The van der Waals surface area contributed by atoms with Crippen LogP contribution >= 0.6 is 0 Å². The normalized spacial score (nSPS) is 36.3. The van der Waals surface area contributed by atoms with E-state index in [-0.39, 0.29) is 18.5 Å². The van der Waals surface area contributed by atoms with E-state index in [1.54, 1.807) is 6.08 Å². The molecule has 0 bridgehead atoms. The van der Waals surface area contributed by atoms with Crippen molar-refractivity contribution in [2.75, 3.05) is 13.2 Å². The maximum absolute atomic E-state index is 11.9. The maximum Gasteiger partial charge on any atom is 0.255 e. The summed E-state index contributed by atoms with van der Waals surface area (Å²) in [5.74, 6) is -0.394. The van der Waals surface area contributed by atoms with Gasteiger partial charge >= 0.3 is 0 Å². The van der Waals surface area contributed by atoms with Gasteiger partial charge in [-0.05, 0) is 6.42 Å². The summed E-state index contributed by atoms with van der Waals surface area (Å²) in [7, 11) is 0. The Kier molecular flexibility index (Phi) is 5.67. The molecular weight excluding hydrogens is 342 g/mol. The maximum atomic E-state index is 11.9. The Balaban J connectivity index is 1.58. The van der Waals surface area contributed by atoms with Crippen LogP contribution in [0.3, 0.4) is 0 Å². The van der Waals surface area contributed by atoms with E-state index in [1.807, 2.05) is 12.2 Å². The van der Waals surface area contributed by atoms with Gasteiger partial charge in [0.1, 0.15) is 18.3 Å². The molecule has 142 valence electrons. The summed E-state index contributed by atoms with van der Waals surface area (Å²) < 4.78 is 11.2. The zero-order chi connectivity index (χ0) is 18.7. The molecule has 1 fully saturated rings. The quantitative estimate of drug-likeness (QED) is 0.304. The molecule has 0 spiro atoms. The summed E-state index contributed by atoms with van der Waals surface area (Å²) in [6, 6.07) is -0.762. The van der Waals surface area contributed by atoms with E-state index < -0.39 is 36.7 Å². The van der Waals surface area contributed by atoms with Crippen molar-refractivity contribution < 1.29 is 24.5 Å². The topological polar surface area (TPSA) is 142 Å². The van der Waals surface area contributed by atoms with E-state index in [1.165, 1.54) is 11.2 Å². The van der Waals surface area contributed by atoms with Gasteiger partial charge in [-0.25, -0.2) is 4.99 Å². The Morgan fingerprint density at radius 3 is 3.04 bits per heavy atom. The van der Waals surface area contributed by atoms with Gasteiger partial charge < -0.3 is 30.3 Å². The second kappa shape index (κ2) is 7.96. The molecule has 0 aromatic carbocycles. The zero-order valence-corrected chi connectivity index (χ0v) is 14.1. The molecular formula is C16H23N5O5. The molecule has 0 saturated carbocycles. The molecule has 3 aliphatic rings. The number of ether oxygens (including phenoxy) is 2. The lowest BCUT2D eigenvalue weighted by Crippen LogP contribution is -2.56. The zero-order valence-electron chi connectivity index (χ0n) is 14.1. The van der Waals surface area contributed by atoms with E-state index >= 15 is 0 Å². The molecule has 10 nitrogen and oxygen atoms in total. The second-order valence-electron chi connectivity index (χ2n) is 6.15. The molecule has 3 aliphatic heterocycles. The predicted octanol–water partition coefficient (Wildman–Crippen LogP) is -1.93. The van der Waals surface area contributed by atoms with Gasteiger partial charge in [-0.1, -0.05) is 24.8 Å². The number of nitrogens with two attached hydrogens (primary N) is 1. The number of rotatable bonds is 7. The molecule has 0 aromatic heterocycles. The number of aliphatic imine (C=N–C) groups is 2. The molecule has 5 N–H and O–H groups in total. The van der Waals surface area contributed by atoms with Crippen LogP contribution in [0.5, 0.6) is 0 Å². The van der Waals surface area contributed by atoms with Crippen LogP contribution in [0.2, 0.25) is 0 Å². The lowest BCUT2D eigenvalue weighted by molar-refractivity contribution is -0.124. The highest BCUT2D eigenvalue weighted by Gasteiger charge is 2.51. The third-order valence-corrected chi connectivity index (χ3v) is 4.35. The number of hydrogen-bond acceptors (Lipinski definition) is 9. The fraction of sp³-hybridized carbons (Fsp3) is 0.562. The Morgan fingerprint density at radius 1 is 1.46 bits per heavy atom. The standard InChI is InChI=1S/C16H23N5O5/c1-2-3-4-5-6-25-7-9-11(22)12(23)15(26-9)21-8-18-10-13(21)19-16(17)20-14(10)24/h2-4,8-13,15,22-23H,1,5-7H2,(H3,17,19,20,24)/b4-3+/t9-,10?,11+,12?,13?,15-/m1/s1. The number of carbonyl (C=O) groups excluding carboxylic acids is 1. The number of guanidine groups is 1. The first-order chi connectivity index (χ1) is 12.5. The minimum atomic E-state index is -1.20. The minimum Gasteiger partial charge on any atom is -0.387 e. The highest BCUT2D eigenvalue weighted by Crippen LogP contribution is 2.29. The summed E-state index contributed by atoms with van der Waals surface area (Å²) in [5, 5.41) is 23.0. The third-order valence-electron chi connectivity index (χ3n) is 4.35. The van der Waals surface area contributed by atoms with Gasteiger partial charge in [0.25, 0.3) is 5.91 Å². The van der Waals surface area contributed by atoms with Gasteiger partial charge in [0.05, 0.1) is 19.6 Å². The van der Waals surface area contributed by atoms with Gasteiger partial charge in [0.2, 0.25) is 0 Å². The average Bonchev–Trinajstić information content (AvgIpc) is 3.14. The van der Waals surface area contributed by atoms with E-state index in [9.17, 15) is 15.0 Å². The van der Waals surface area contributed by atoms with Gasteiger partial charge in [0.15, 0.2) is 24.4 Å². The highest BCUT2D eigenvalue weighted by molar-refractivity contribution is 6.02. The van der Waals surface area contributed by atoms with Crippen molar-refractivity contribution >= 4 is 18.2 Å². The van der Waals surface area contributed by atoms with E-state index in [0.717, 1.165) is 0 Å². The molecule has 1 amide bonds. The highest BCUT2D eigenvalue weighted by atomic mass is 16.6. The molecule has 1 saturated heterocycles. The lowest BCUT2D eigenvalue weighted by Gasteiger charge is -2.32. The van der Waals surface area contributed by atoms with Gasteiger partial charge in [-0.15, -0.1) is 0 Å². The van der Waals surface area contributed by atoms with Crippen LogP contribution in [-0.4, -0.2) is 83.3 Å². The van der Waals surface area contributed by atoms with Crippen LogP contribution in [0.15, 0.2) is 34.8 Å². The fourth-order valence-electron chi connectivity index (χ4n) is 3.05. The summed E-state index contributed by atoms with van der Waals surface area (Å²) in [5.41, 5.74) is 5.60. The number of nitrogens with one attached hydrogen (secondary N) is 1. The molecule has 3 rings (SSSR count). The summed E-state index contributed by atoms with van der Waals surface area (Å²) in [4.78, 5) is 21.7. The Bertz CT molecular complexity index is 637. The molecule has 3 heterocycles. The van der Waals surface area contributed by atoms with Crippen LogP contribution in [-0.2, 0) is 14.3 Å². The molecule has 0 radical (unpaired) electrons. The first-order valence-corrected chi connectivity index (χ1v) is 8.34. The van der Waals surface area contributed by atoms with Crippen molar-refractivity contribution in [2.24, 2.45) is 15.7 Å². The van der Waals surface area contributed by atoms with Crippen molar-refractivity contribution in [1.29, 1.82) is 0 Å². The van der Waals surface area contributed by atoms with Crippen LogP contribution in [0.4, 0.5) is 0 Å². The predicted molar refractivity (Wildman–Crippen MR) is 93.1 cm³/mol. The first-order valence-electron chi connectivity index (χ1n) is 8.34. The number of hydrogen-bond donors (Lipinski definition) is 4. The molecule has 6 atom stereocenters.